The second kappa shape index (κ2) is 6.95. The van der Waals surface area contributed by atoms with E-state index < -0.39 is 5.63 Å². The monoisotopic (exact) mass is 324 g/mol. The summed E-state index contributed by atoms with van der Waals surface area (Å²) in [4.78, 5) is 27.8. The highest BCUT2D eigenvalue weighted by atomic mass is 16.5. The van der Waals surface area contributed by atoms with Crippen LogP contribution in [-0.2, 0) is 17.8 Å². The number of fused-ring (bicyclic) bond motifs is 1. The predicted molar refractivity (Wildman–Crippen MR) is 88.8 cm³/mol. The first-order valence-corrected chi connectivity index (χ1v) is 7.42. The molecule has 1 aromatic carbocycles. The molecule has 122 valence electrons. The van der Waals surface area contributed by atoms with E-state index in [1.165, 1.54) is 13.2 Å². The first-order chi connectivity index (χ1) is 11.7. The summed E-state index contributed by atoms with van der Waals surface area (Å²) >= 11 is 0. The minimum Gasteiger partial charge on any atom is -0.497 e. The van der Waals surface area contributed by atoms with Crippen LogP contribution in [0, 0.1) is 0 Å². The lowest BCUT2D eigenvalue weighted by atomic mass is 10.1. The van der Waals surface area contributed by atoms with Crippen molar-refractivity contribution in [3.05, 3.63) is 70.3 Å². The van der Waals surface area contributed by atoms with Gasteiger partial charge in [-0.3, -0.25) is 9.78 Å². The number of pyridine rings is 1. The molecule has 0 spiro atoms. The van der Waals surface area contributed by atoms with E-state index in [1.807, 2.05) is 12.1 Å². The quantitative estimate of drug-likeness (QED) is 0.727. The van der Waals surface area contributed by atoms with E-state index in [2.05, 4.69) is 10.3 Å². The number of hydrogen-bond donors (Lipinski definition) is 1. The minimum atomic E-state index is -0.493. The Morgan fingerprint density at radius 2 is 2.00 bits per heavy atom. The lowest BCUT2D eigenvalue weighted by Crippen LogP contribution is -2.25. The molecule has 0 atom stereocenters. The van der Waals surface area contributed by atoms with Crippen molar-refractivity contribution in [3.8, 4) is 5.75 Å². The number of nitrogens with one attached hydrogen (secondary N) is 1. The van der Waals surface area contributed by atoms with Gasteiger partial charge in [0.15, 0.2) is 0 Å². The maximum atomic E-state index is 12.2. The van der Waals surface area contributed by atoms with Gasteiger partial charge in [-0.05, 0) is 35.4 Å². The van der Waals surface area contributed by atoms with Crippen molar-refractivity contribution >= 4 is 16.9 Å². The van der Waals surface area contributed by atoms with Gasteiger partial charge in [0.05, 0.1) is 13.5 Å². The maximum Gasteiger partial charge on any atom is 0.336 e. The summed E-state index contributed by atoms with van der Waals surface area (Å²) in [7, 11) is 1.54. The lowest BCUT2D eigenvalue weighted by Gasteiger charge is -2.08. The number of rotatable bonds is 5. The molecule has 0 saturated carbocycles. The van der Waals surface area contributed by atoms with Gasteiger partial charge < -0.3 is 14.5 Å². The number of carbonyl (C=O) groups excluding carboxylic acids is 1. The van der Waals surface area contributed by atoms with Crippen molar-refractivity contribution in [2.75, 3.05) is 7.11 Å². The Balaban J connectivity index is 1.79. The van der Waals surface area contributed by atoms with Crippen molar-refractivity contribution in [1.82, 2.24) is 10.3 Å². The summed E-state index contributed by atoms with van der Waals surface area (Å²) < 4.78 is 10.3. The molecule has 0 aliphatic carbocycles. The molecule has 0 radical (unpaired) electrons. The van der Waals surface area contributed by atoms with Crippen LogP contribution in [0.1, 0.15) is 11.1 Å². The van der Waals surface area contributed by atoms with Gasteiger partial charge in [-0.2, -0.15) is 0 Å². The van der Waals surface area contributed by atoms with Crippen LogP contribution in [0.2, 0.25) is 0 Å². The Morgan fingerprint density at radius 1 is 1.21 bits per heavy atom. The Bertz CT molecular complexity index is 919. The van der Waals surface area contributed by atoms with E-state index in [9.17, 15) is 9.59 Å². The molecule has 1 amide bonds. The van der Waals surface area contributed by atoms with Gasteiger partial charge >= 0.3 is 5.63 Å². The SMILES string of the molecule is COc1ccc2c(CC(=O)NCc3ccncc3)cc(=O)oc2c1. The maximum absolute atomic E-state index is 12.2. The zero-order valence-corrected chi connectivity index (χ0v) is 13.1. The van der Waals surface area contributed by atoms with E-state index in [-0.39, 0.29) is 12.3 Å². The molecule has 3 aromatic rings. The second-order valence-corrected chi connectivity index (χ2v) is 5.26. The van der Waals surface area contributed by atoms with E-state index in [1.54, 1.807) is 30.6 Å². The standard InChI is InChI=1S/C18H16N2O4/c1-23-14-2-3-15-13(9-18(22)24-16(15)10-14)8-17(21)20-11-12-4-6-19-7-5-12/h2-7,9-10H,8,11H2,1H3,(H,20,21). The van der Waals surface area contributed by atoms with Crippen molar-refractivity contribution < 1.29 is 13.9 Å². The van der Waals surface area contributed by atoms with E-state index in [4.69, 9.17) is 9.15 Å². The van der Waals surface area contributed by atoms with Gasteiger partial charge in [0.25, 0.3) is 0 Å². The number of nitrogens with zero attached hydrogens (tertiary/aromatic N) is 1. The van der Waals surface area contributed by atoms with Crippen LogP contribution in [0.25, 0.3) is 11.0 Å². The molecule has 0 fully saturated rings. The highest BCUT2D eigenvalue weighted by Crippen LogP contribution is 2.22. The molecule has 24 heavy (non-hydrogen) atoms. The predicted octanol–water partition coefficient (Wildman–Crippen LogP) is 2.06. The smallest absolute Gasteiger partial charge is 0.336 e. The van der Waals surface area contributed by atoms with Crippen LogP contribution in [0.15, 0.2) is 58.0 Å². The number of hydrogen-bond acceptors (Lipinski definition) is 5. The molecule has 2 heterocycles. The molecule has 6 nitrogen and oxygen atoms in total. The number of carbonyl (C=O) groups is 1. The highest BCUT2D eigenvalue weighted by molar-refractivity contribution is 5.87. The number of aromatic nitrogens is 1. The van der Waals surface area contributed by atoms with Crippen LogP contribution in [0.3, 0.4) is 0 Å². The number of ether oxygens (including phenoxy) is 1. The molecule has 0 saturated heterocycles. The molecular formula is C18H16N2O4. The van der Waals surface area contributed by atoms with Crippen molar-refractivity contribution in [2.24, 2.45) is 0 Å². The Hall–Kier alpha value is -3.15. The van der Waals surface area contributed by atoms with E-state index in [0.29, 0.717) is 23.4 Å². The average Bonchev–Trinajstić information content (AvgIpc) is 2.60. The van der Waals surface area contributed by atoms with Crippen molar-refractivity contribution in [3.63, 3.8) is 0 Å². The van der Waals surface area contributed by atoms with Crippen LogP contribution >= 0.6 is 0 Å². The Morgan fingerprint density at radius 3 is 2.75 bits per heavy atom. The van der Waals surface area contributed by atoms with Crippen LogP contribution in [0.4, 0.5) is 0 Å². The van der Waals surface area contributed by atoms with Gasteiger partial charge in [-0.15, -0.1) is 0 Å². The fourth-order valence-electron chi connectivity index (χ4n) is 2.42. The summed E-state index contributed by atoms with van der Waals surface area (Å²) in [6.45, 7) is 0.411. The van der Waals surface area contributed by atoms with Crippen LogP contribution < -0.4 is 15.7 Å². The summed E-state index contributed by atoms with van der Waals surface area (Å²) in [5.74, 6) is 0.416. The molecule has 1 N–H and O–H groups in total. The summed E-state index contributed by atoms with van der Waals surface area (Å²) in [5, 5.41) is 3.55. The van der Waals surface area contributed by atoms with Gasteiger partial charge in [0, 0.05) is 36.5 Å². The third-order valence-electron chi connectivity index (χ3n) is 3.63. The first-order valence-electron chi connectivity index (χ1n) is 7.42. The average molecular weight is 324 g/mol. The topological polar surface area (TPSA) is 81.4 Å². The molecular weight excluding hydrogens is 308 g/mol. The van der Waals surface area contributed by atoms with Crippen LogP contribution in [-0.4, -0.2) is 18.0 Å². The molecule has 0 unspecified atom stereocenters. The normalized spacial score (nSPS) is 10.5. The molecule has 6 heteroatoms. The summed E-state index contributed by atoms with van der Waals surface area (Å²) in [6.07, 6.45) is 3.44. The fraction of sp³-hybridized carbons (Fsp3) is 0.167. The number of benzene rings is 1. The Kier molecular flexibility index (Phi) is 4.56. The van der Waals surface area contributed by atoms with E-state index >= 15 is 0 Å². The summed E-state index contributed by atoms with van der Waals surface area (Å²) in [6, 6.07) is 10.2. The third-order valence-corrected chi connectivity index (χ3v) is 3.63. The molecule has 0 aliphatic heterocycles. The molecule has 0 bridgehead atoms. The summed E-state index contributed by atoms with van der Waals surface area (Å²) in [5.41, 5.74) is 1.49. The number of amides is 1. The zero-order chi connectivity index (χ0) is 16.9. The van der Waals surface area contributed by atoms with Crippen molar-refractivity contribution in [2.45, 2.75) is 13.0 Å². The third kappa shape index (κ3) is 3.60. The number of methoxy groups -OCH3 is 1. The first kappa shape index (κ1) is 15.7. The highest BCUT2D eigenvalue weighted by Gasteiger charge is 2.11. The minimum absolute atomic E-state index is 0.0967. The zero-order valence-electron chi connectivity index (χ0n) is 13.1. The van der Waals surface area contributed by atoms with Gasteiger partial charge in [0.1, 0.15) is 11.3 Å². The molecule has 3 rings (SSSR count). The van der Waals surface area contributed by atoms with E-state index in [0.717, 1.165) is 10.9 Å². The van der Waals surface area contributed by atoms with Gasteiger partial charge in [-0.25, -0.2) is 4.79 Å². The van der Waals surface area contributed by atoms with Crippen LogP contribution in [0.5, 0.6) is 5.75 Å². The molecule has 2 aromatic heterocycles. The van der Waals surface area contributed by atoms with Crippen molar-refractivity contribution in [1.29, 1.82) is 0 Å². The second-order valence-electron chi connectivity index (χ2n) is 5.26. The largest absolute Gasteiger partial charge is 0.497 e. The van der Waals surface area contributed by atoms with Gasteiger partial charge in [-0.1, -0.05) is 0 Å². The lowest BCUT2D eigenvalue weighted by molar-refractivity contribution is -0.120. The van der Waals surface area contributed by atoms with Gasteiger partial charge in [0.2, 0.25) is 5.91 Å². The molecule has 0 aliphatic rings. The fourth-order valence-corrected chi connectivity index (χ4v) is 2.42. The Labute approximate surface area is 138 Å².